The predicted molar refractivity (Wildman–Crippen MR) is 89.8 cm³/mol. The molecule has 0 aliphatic carbocycles. The number of sulfonamides is 1. The van der Waals surface area contributed by atoms with Crippen LogP contribution in [0.5, 0.6) is 0 Å². The number of aryl methyl sites for hydroxylation is 1. The number of hydrogen-bond acceptors (Lipinski definition) is 5. The molecule has 0 radical (unpaired) electrons. The van der Waals surface area contributed by atoms with Crippen molar-refractivity contribution < 1.29 is 27.4 Å². The van der Waals surface area contributed by atoms with Gasteiger partial charge >= 0.3 is 6.16 Å². The van der Waals surface area contributed by atoms with E-state index in [-0.39, 0.29) is 34.1 Å². The Balaban J connectivity index is 2.13. The monoisotopic (exact) mass is 400 g/mol. The first-order chi connectivity index (χ1) is 12.2. The normalized spacial score (nSPS) is 17.6. The second kappa shape index (κ2) is 6.82. The zero-order chi connectivity index (χ0) is 19.1. The van der Waals surface area contributed by atoms with Gasteiger partial charge in [0.2, 0.25) is 10.0 Å². The first-order valence-electron chi connectivity index (χ1n) is 7.52. The van der Waals surface area contributed by atoms with Crippen LogP contribution in [0.3, 0.4) is 0 Å². The van der Waals surface area contributed by atoms with E-state index in [0.29, 0.717) is 5.56 Å². The Labute approximate surface area is 154 Å². The molecule has 1 aliphatic heterocycles. The highest BCUT2D eigenvalue weighted by Crippen LogP contribution is 2.38. The Morgan fingerprint density at radius 2 is 2.12 bits per heavy atom. The molecule has 1 aromatic heterocycles. The lowest BCUT2D eigenvalue weighted by molar-refractivity contribution is -0.00653. The molecule has 1 aliphatic rings. The van der Waals surface area contributed by atoms with Gasteiger partial charge in [0.05, 0.1) is 0 Å². The van der Waals surface area contributed by atoms with Crippen LogP contribution in [0, 0.1) is 12.7 Å². The van der Waals surface area contributed by atoms with E-state index in [1.165, 1.54) is 24.3 Å². The van der Waals surface area contributed by atoms with Gasteiger partial charge in [0, 0.05) is 18.3 Å². The van der Waals surface area contributed by atoms with Crippen molar-refractivity contribution in [3.63, 3.8) is 0 Å². The van der Waals surface area contributed by atoms with E-state index >= 15 is 0 Å². The van der Waals surface area contributed by atoms with Crippen LogP contribution in [0.2, 0.25) is 5.15 Å². The van der Waals surface area contributed by atoms with Crippen LogP contribution < -0.4 is 0 Å². The molecule has 138 valence electrons. The lowest BCUT2D eigenvalue weighted by atomic mass is 9.94. The van der Waals surface area contributed by atoms with Gasteiger partial charge < -0.3 is 9.84 Å². The summed E-state index contributed by atoms with van der Waals surface area (Å²) in [6.07, 6.45) is -2.00. The maximum absolute atomic E-state index is 14.2. The molecule has 0 spiro atoms. The molecule has 0 amide bonds. The molecule has 0 saturated carbocycles. The molecule has 1 N–H and O–H groups in total. The highest BCUT2D eigenvalue weighted by molar-refractivity contribution is 7.89. The number of benzene rings is 1. The molecule has 0 bridgehead atoms. The van der Waals surface area contributed by atoms with Gasteiger partial charge in [-0.3, -0.25) is 0 Å². The highest BCUT2D eigenvalue weighted by atomic mass is 35.5. The minimum absolute atomic E-state index is 0.0859. The van der Waals surface area contributed by atoms with Crippen LogP contribution in [0.15, 0.2) is 35.4 Å². The third-order valence-electron chi connectivity index (χ3n) is 4.13. The number of carboxylic acid groups (broad SMARTS) is 1. The topological polar surface area (TPSA) is 96.8 Å². The molecule has 3 rings (SSSR count). The third-order valence-corrected chi connectivity index (χ3v) is 6.18. The van der Waals surface area contributed by atoms with E-state index in [1.807, 2.05) is 0 Å². The summed E-state index contributed by atoms with van der Waals surface area (Å²) in [5, 5.41) is 9.19. The van der Waals surface area contributed by atoms with Crippen LogP contribution >= 0.6 is 11.6 Å². The molecule has 7 nitrogen and oxygen atoms in total. The smallest absolute Gasteiger partial charge is 0.450 e. The third kappa shape index (κ3) is 3.25. The maximum Gasteiger partial charge on any atom is 0.507 e. The van der Waals surface area contributed by atoms with Gasteiger partial charge in [-0.05, 0) is 42.7 Å². The van der Waals surface area contributed by atoms with E-state index in [4.69, 9.17) is 21.4 Å². The average Bonchev–Trinajstić information content (AvgIpc) is 2.58. The summed E-state index contributed by atoms with van der Waals surface area (Å²) < 4.78 is 45.8. The van der Waals surface area contributed by atoms with Gasteiger partial charge in [0.25, 0.3) is 0 Å². The van der Waals surface area contributed by atoms with Crippen LogP contribution in [-0.4, -0.2) is 35.5 Å². The van der Waals surface area contributed by atoms with Gasteiger partial charge in [-0.15, -0.1) is 0 Å². The standard InChI is InChI=1S/C16H14ClFN2O5S/c1-9-2-4-12(18)11-6-7-20(15(14(9)11)25-16(21)22)26(23,24)10-3-5-13(17)19-8-10/h2-5,8,15H,6-7H2,1H3,(H,21,22). The van der Waals surface area contributed by atoms with Crippen LogP contribution in [0.4, 0.5) is 9.18 Å². The van der Waals surface area contributed by atoms with Gasteiger partial charge in [0.15, 0.2) is 6.23 Å². The highest BCUT2D eigenvalue weighted by Gasteiger charge is 2.41. The first kappa shape index (κ1) is 18.6. The largest absolute Gasteiger partial charge is 0.507 e. The molecule has 2 aromatic rings. The Morgan fingerprint density at radius 3 is 2.73 bits per heavy atom. The number of nitrogens with zero attached hydrogens (tertiary/aromatic N) is 2. The predicted octanol–water partition coefficient (Wildman–Crippen LogP) is 3.12. The van der Waals surface area contributed by atoms with E-state index < -0.39 is 28.2 Å². The summed E-state index contributed by atoms with van der Waals surface area (Å²) in [5.74, 6) is -0.533. The average molecular weight is 401 g/mol. The van der Waals surface area contributed by atoms with Crippen molar-refractivity contribution >= 4 is 27.8 Å². The number of aromatic nitrogens is 1. The summed E-state index contributed by atoms with van der Waals surface area (Å²) >= 11 is 5.69. The van der Waals surface area contributed by atoms with Gasteiger partial charge in [0.1, 0.15) is 15.9 Å². The van der Waals surface area contributed by atoms with E-state index in [9.17, 15) is 17.6 Å². The zero-order valence-electron chi connectivity index (χ0n) is 13.5. The number of carbonyl (C=O) groups is 1. The van der Waals surface area contributed by atoms with E-state index in [2.05, 4.69) is 4.98 Å². The van der Waals surface area contributed by atoms with Crippen molar-refractivity contribution in [1.29, 1.82) is 0 Å². The summed E-state index contributed by atoms with van der Waals surface area (Å²) in [4.78, 5) is 14.7. The Kier molecular flexibility index (Phi) is 4.87. The van der Waals surface area contributed by atoms with Gasteiger partial charge in [-0.25, -0.2) is 22.6 Å². The number of ether oxygens (including phenoxy) is 1. The number of hydrogen-bond donors (Lipinski definition) is 1. The second-order valence-corrected chi connectivity index (χ2v) is 7.95. The number of rotatable bonds is 3. The minimum atomic E-state index is -4.14. The Hall–Kier alpha value is -2.23. The fraction of sp³-hybridized carbons (Fsp3) is 0.250. The van der Waals surface area contributed by atoms with Crippen LogP contribution in [0.25, 0.3) is 0 Å². The molecular weight excluding hydrogens is 387 g/mol. The summed E-state index contributed by atoms with van der Waals surface area (Å²) in [7, 11) is -4.14. The van der Waals surface area contributed by atoms with Gasteiger partial charge in [-0.1, -0.05) is 17.7 Å². The lowest BCUT2D eigenvalue weighted by Crippen LogP contribution is -2.42. The van der Waals surface area contributed by atoms with E-state index in [1.54, 1.807) is 6.92 Å². The SMILES string of the molecule is Cc1ccc(F)c2c1C(OC(=O)O)N(S(=O)(=O)c1ccc(Cl)nc1)CC2. The molecule has 1 unspecified atom stereocenters. The molecule has 10 heteroatoms. The van der Waals surface area contributed by atoms with Gasteiger partial charge in [-0.2, -0.15) is 4.31 Å². The van der Waals surface area contributed by atoms with Crippen molar-refractivity contribution in [3.8, 4) is 0 Å². The Bertz CT molecular complexity index is 965. The van der Waals surface area contributed by atoms with Crippen molar-refractivity contribution in [2.24, 2.45) is 0 Å². The van der Waals surface area contributed by atoms with Crippen molar-refractivity contribution in [1.82, 2.24) is 9.29 Å². The molecule has 26 heavy (non-hydrogen) atoms. The maximum atomic E-state index is 14.2. The fourth-order valence-corrected chi connectivity index (χ4v) is 4.49. The van der Waals surface area contributed by atoms with Crippen molar-refractivity contribution in [2.45, 2.75) is 24.5 Å². The number of fused-ring (bicyclic) bond motifs is 1. The molecule has 0 fully saturated rings. The number of halogens is 2. The fourth-order valence-electron chi connectivity index (χ4n) is 2.95. The molecule has 0 saturated heterocycles. The minimum Gasteiger partial charge on any atom is -0.450 e. The van der Waals surface area contributed by atoms with Crippen LogP contribution in [-0.2, 0) is 21.2 Å². The Morgan fingerprint density at radius 1 is 1.38 bits per heavy atom. The summed E-state index contributed by atoms with van der Waals surface area (Å²) in [6.45, 7) is 1.49. The quantitative estimate of drug-likeness (QED) is 0.628. The summed E-state index contributed by atoms with van der Waals surface area (Å²) in [5.41, 5.74) is 0.975. The molecule has 2 heterocycles. The molecule has 1 aromatic carbocycles. The van der Waals surface area contributed by atoms with Crippen molar-refractivity contribution in [2.75, 3.05) is 6.54 Å². The lowest BCUT2D eigenvalue weighted by Gasteiger charge is -2.35. The molecular formula is C16H14ClFN2O5S. The van der Waals surface area contributed by atoms with Crippen LogP contribution in [0.1, 0.15) is 22.9 Å². The number of pyridine rings is 1. The second-order valence-electron chi connectivity index (χ2n) is 5.68. The van der Waals surface area contributed by atoms with Crippen molar-refractivity contribution in [3.05, 3.63) is 58.1 Å². The first-order valence-corrected chi connectivity index (χ1v) is 9.34. The molecule has 1 atom stereocenters. The summed E-state index contributed by atoms with van der Waals surface area (Å²) in [6, 6.07) is 5.28. The zero-order valence-corrected chi connectivity index (χ0v) is 15.1. The van der Waals surface area contributed by atoms with E-state index in [0.717, 1.165) is 10.5 Å².